The average molecular weight is 191 g/mol. The lowest BCUT2D eigenvalue weighted by Crippen LogP contribution is -2.26. The summed E-state index contributed by atoms with van der Waals surface area (Å²) < 4.78 is 1.97. The van der Waals surface area contributed by atoms with Crippen molar-refractivity contribution < 1.29 is 4.79 Å². The summed E-state index contributed by atoms with van der Waals surface area (Å²) in [6.07, 6.45) is 5.64. The van der Waals surface area contributed by atoms with Gasteiger partial charge in [-0.05, 0) is 18.9 Å². The highest BCUT2D eigenvalue weighted by Gasteiger charge is 2.39. The van der Waals surface area contributed by atoms with Crippen molar-refractivity contribution in [3.05, 3.63) is 18.0 Å². The van der Waals surface area contributed by atoms with Gasteiger partial charge in [-0.3, -0.25) is 9.48 Å². The third-order valence-electron chi connectivity index (χ3n) is 3.40. The number of aromatic nitrogens is 2. The molecule has 74 valence electrons. The molecule has 0 spiro atoms. The summed E-state index contributed by atoms with van der Waals surface area (Å²) in [4.78, 5) is 13.0. The van der Waals surface area contributed by atoms with E-state index >= 15 is 0 Å². The molecule has 0 radical (unpaired) electrons. The number of piperidine rings is 1. The molecule has 4 heteroatoms. The standard InChI is InChI=1S/C10H13N3O/c14-7-8-3-11-13(4-8)10-6-12-2-1-9(10)5-12/h3-4,7,9-10H,1-2,5-6H2/t9-,10?/m0/s1. The minimum Gasteiger partial charge on any atom is -0.301 e. The average Bonchev–Trinajstić information content (AvgIpc) is 2.93. The summed E-state index contributed by atoms with van der Waals surface area (Å²) in [6.45, 7) is 3.55. The van der Waals surface area contributed by atoms with E-state index in [0.29, 0.717) is 11.6 Å². The summed E-state index contributed by atoms with van der Waals surface area (Å²) in [5, 5.41) is 4.25. The normalized spacial score (nSPS) is 35.0. The third kappa shape index (κ3) is 1.10. The summed E-state index contributed by atoms with van der Waals surface area (Å²) >= 11 is 0. The zero-order valence-electron chi connectivity index (χ0n) is 7.97. The molecule has 0 saturated carbocycles. The Kier molecular flexibility index (Phi) is 1.70. The zero-order valence-corrected chi connectivity index (χ0v) is 7.97. The van der Waals surface area contributed by atoms with E-state index in [1.165, 1.54) is 19.5 Å². The van der Waals surface area contributed by atoms with Crippen molar-refractivity contribution in [2.24, 2.45) is 5.92 Å². The van der Waals surface area contributed by atoms with E-state index in [0.717, 1.165) is 18.7 Å². The molecule has 2 saturated heterocycles. The van der Waals surface area contributed by atoms with Gasteiger partial charge in [-0.15, -0.1) is 0 Å². The quantitative estimate of drug-likeness (QED) is 0.641. The highest BCUT2D eigenvalue weighted by molar-refractivity contribution is 5.73. The van der Waals surface area contributed by atoms with Crippen LogP contribution in [0.5, 0.6) is 0 Å². The fraction of sp³-hybridized carbons (Fsp3) is 0.600. The Labute approximate surface area is 82.5 Å². The van der Waals surface area contributed by atoms with E-state index in [9.17, 15) is 4.79 Å². The fourth-order valence-corrected chi connectivity index (χ4v) is 2.65. The van der Waals surface area contributed by atoms with Gasteiger partial charge in [0.1, 0.15) is 0 Å². The Hall–Kier alpha value is -1.16. The molecule has 3 atom stereocenters. The van der Waals surface area contributed by atoms with Crippen LogP contribution in [0.25, 0.3) is 0 Å². The number of nitrogens with zero attached hydrogens (tertiary/aromatic N) is 3. The number of fused-ring (bicyclic) bond motifs is 2. The summed E-state index contributed by atoms with van der Waals surface area (Å²) in [6, 6.07) is 0.498. The molecule has 2 unspecified atom stereocenters. The highest BCUT2D eigenvalue weighted by Crippen LogP contribution is 2.35. The van der Waals surface area contributed by atoms with Crippen molar-refractivity contribution in [2.45, 2.75) is 12.5 Å². The second kappa shape index (κ2) is 2.92. The molecule has 1 aromatic rings. The van der Waals surface area contributed by atoms with Crippen LogP contribution in [0, 0.1) is 5.92 Å². The molecule has 2 fully saturated rings. The van der Waals surface area contributed by atoms with Crippen LogP contribution in [0.3, 0.4) is 0 Å². The van der Waals surface area contributed by atoms with Gasteiger partial charge in [-0.2, -0.15) is 5.10 Å². The van der Waals surface area contributed by atoms with Crippen LogP contribution in [-0.2, 0) is 0 Å². The van der Waals surface area contributed by atoms with Crippen molar-refractivity contribution in [1.82, 2.24) is 14.7 Å². The Morgan fingerprint density at radius 2 is 2.43 bits per heavy atom. The van der Waals surface area contributed by atoms with Gasteiger partial charge in [-0.1, -0.05) is 0 Å². The van der Waals surface area contributed by atoms with Gasteiger partial charge in [0.05, 0.1) is 17.8 Å². The molecule has 1 aromatic heterocycles. The monoisotopic (exact) mass is 191 g/mol. The zero-order chi connectivity index (χ0) is 9.54. The summed E-state index contributed by atoms with van der Waals surface area (Å²) in [7, 11) is 0. The van der Waals surface area contributed by atoms with Crippen LogP contribution in [-0.4, -0.2) is 40.6 Å². The first-order chi connectivity index (χ1) is 6.86. The molecule has 0 aliphatic carbocycles. The van der Waals surface area contributed by atoms with Crippen LogP contribution in [0.4, 0.5) is 0 Å². The Bertz CT molecular complexity index is 360. The lowest BCUT2D eigenvalue weighted by atomic mass is 10.0. The summed E-state index contributed by atoms with van der Waals surface area (Å²) in [5.41, 5.74) is 0.683. The molecule has 0 aromatic carbocycles. The SMILES string of the molecule is O=Cc1cnn(C2CN3CC[C@H]2C3)c1. The molecule has 3 heterocycles. The molecule has 2 aliphatic rings. The van der Waals surface area contributed by atoms with Crippen molar-refractivity contribution in [3.8, 4) is 0 Å². The maximum absolute atomic E-state index is 10.5. The first kappa shape index (κ1) is 8.17. The molecule has 0 N–H and O–H groups in total. The van der Waals surface area contributed by atoms with Gasteiger partial charge >= 0.3 is 0 Å². The van der Waals surface area contributed by atoms with Gasteiger partial charge in [-0.25, -0.2) is 0 Å². The number of hydrogen-bond donors (Lipinski definition) is 0. The lowest BCUT2D eigenvalue weighted by Gasteiger charge is -2.22. The van der Waals surface area contributed by atoms with E-state index < -0.39 is 0 Å². The predicted octanol–water partition coefficient (Wildman–Crippen LogP) is 0.572. The topological polar surface area (TPSA) is 38.1 Å². The van der Waals surface area contributed by atoms with Crippen molar-refractivity contribution in [1.29, 1.82) is 0 Å². The van der Waals surface area contributed by atoms with Crippen LogP contribution in [0.1, 0.15) is 22.8 Å². The highest BCUT2D eigenvalue weighted by atomic mass is 16.1. The van der Waals surface area contributed by atoms with Crippen LogP contribution in [0.2, 0.25) is 0 Å². The van der Waals surface area contributed by atoms with E-state index in [1.807, 2.05) is 10.9 Å². The van der Waals surface area contributed by atoms with E-state index in [2.05, 4.69) is 10.00 Å². The number of carbonyl (C=O) groups excluding carboxylic acids is 1. The van der Waals surface area contributed by atoms with Crippen molar-refractivity contribution in [2.75, 3.05) is 19.6 Å². The third-order valence-corrected chi connectivity index (χ3v) is 3.40. The maximum Gasteiger partial charge on any atom is 0.153 e. The minimum atomic E-state index is 0.498. The van der Waals surface area contributed by atoms with Crippen molar-refractivity contribution in [3.63, 3.8) is 0 Å². The Morgan fingerprint density at radius 1 is 1.50 bits per heavy atom. The van der Waals surface area contributed by atoms with Gasteiger partial charge in [0.15, 0.2) is 6.29 Å². The van der Waals surface area contributed by atoms with E-state index in [1.54, 1.807) is 6.20 Å². The summed E-state index contributed by atoms with van der Waals surface area (Å²) in [5.74, 6) is 0.745. The fourth-order valence-electron chi connectivity index (χ4n) is 2.65. The van der Waals surface area contributed by atoms with Gasteiger partial charge in [0, 0.05) is 19.3 Å². The number of aldehydes is 1. The smallest absolute Gasteiger partial charge is 0.153 e. The number of rotatable bonds is 2. The Morgan fingerprint density at radius 3 is 3.00 bits per heavy atom. The molecule has 4 nitrogen and oxygen atoms in total. The minimum absolute atomic E-state index is 0.498. The van der Waals surface area contributed by atoms with Crippen LogP contribution in [0.15, 0.2) is 12.4 Å². The second-order valence-corrected chi connectivity index (χ2v) is 4.25. The molecule has 3 rings (SSSR count). The maximum atomic E-state index is 10.5. The lowest BCUT2D eigenvalue weighted by molar-refractivity contribution is 0.112. The Balaban J connectivity index is 1.85. The van der Waals surface area contributed by atoms with Gasteiger partial charge < -0.3 is 4.90 Å². The van der Waals surface area contributed by atoms with Gasteiger partial charge in [0.2, 0.25) is 0 Å². The van der Waals surface area contributed by atoms with Gasteiger partial charge in [0.25, 0.3) is 0 Å². The molecular weight excluding hydrogens is 178 g/mol. The molecule has 0 amide bonds. The first-order valence-corrected chi connectivity index (χ1v) is 5.08. The van der Waals surface area contributed by atoms with Crippen LogP contribution >= 0.6 is 0 Å². The first-order valence-electron chi connectivity index (χ1n) is 5.08. The van der Waals surface area contributed by atoms with E-state index in [-0.39, 0.29) is 0 Å². The largest absolute Gasteiger partial charge is 0.301 e. The molecule has 14 heavy (non-hydrogen) atoms. The van der Waals surface area contributed by atoms with E-state index in [4.69, 9.17) is 0 Å². The second-order valence-electron chi connectivity index (χ2n) is 4.25. The van der Waals surface area contributed by atoms with Crippen LogP contribution < -0.4 is 0 Å². The predicted molar refractivity (Wildman–Crippen MR) is 51.2 cm³/mol. The molecule has 2 aliphatic heterocycles. The van der Waals surface area contributed by atoms with Crippen molar-refractivity contribution >= 4 is 6.29 Å². The molecular formula is C10H13N3O. The number of carbonyl (C=O) groups is 1. The number of hydrogen-bond acceptors (Lipinski definition) is 3. The molecule has 2 bridgehead atoms.